The molecule has 0 atom stereocenters. The van der Waals surface area contributed by atoms with E-state index in [9.17, 15) is 19.1 Å². The third kappa shape index (κ3) is 5.33. The van der Waals surface area contributed by atoms with Gasteiger partial charge in [-0.3, -0.25) is 4.79 Å². The number of thiophene rings is 1. The first-order chi connectivity index (χ1) is 15.4. The van der Waals surface area contributed by atoms with Crippen LogP contribution in [0.5, 0.6) is 0 Å². The van der Waals surface area contributed by atoms with Gasteiger partial charge >= 0.3 is 11.9 Å². The normalized spacial score (nSPS) is 9.94. The first kappa shape index (κ1) is 25.0. The van der Waals surface area contributed by atoms with E-state index < -0.39 is 17.7 Å². The number of anilines is 1. The maximum Gasteiger partial charge on any atom is 0.339 e. The molecule has 0 aliphatic carbocycles. The molecule has 2 N–H and O–H groups in total. The van der Waals surface area contributed by atoms with Crippen molar-refractivity contribution in [2.24, 2.45) is 0 Å². The number of benzene rings is 2. The minimum Gasteiger partial charge on any atom is -0.478 e. The smallest absolute Gasteiger partial charge is 0.339 e. The molecule has 0 unspecified atom stereocenters. The summed E-state index contributed by atoms with van der Waals surface area (Å²) in [5.74, 6) is -2.97. The topological polar surface area (TPSA) is 92.4 Å². The molecule has 0 spiro atoms. The van der Waals surface area contributed by atoms with Crippen LogP contribution in [0.3, 0.4) is 0 Å². The third-order valence-corrected chi connectivity index (χ3v) is 5.20. The van der Waals surface area contributed by atoms with E-state index >= 15 is 0 Å². The second-order valence-electron chi connectivity index (χ2n) is 5.73. The van der Waals surface area contributed by atoms with Crippen molar-refractivity contribution in [2.45, 2.75) is 27.7 Å². The number of hydrogen-bond donors (Lipinski definition) is 2. The Hall–Kier alpha value is -3.23. The molecule has 0 saturated carbocycles. The fraction of sp³-hybridized carbons (Fsp3) is 0.174. The van der Waals surface area contributed by atoms with Crippen LogP contribution >= 0.6 is 22.9 Å². The Morgan fingerprint density at radius 1 is 1.09 bits per heavy atom. The highest BCUT2D eigenvalue weighted by molar-refractivity contribution is 7.14. The number of carbonyl (C=O) groups excluding carboxylic acids is 1. The van der Waals surface area contributed by atoms with Crippen LogP contribution in [-0.4, -0.2) is 22.0 Å². The first-order valence-electron chi connectivity index (χ1n) is 9.91. The highest BCUT2D eigenvalue weighted by Crippen LogP contribution is 2.36. The number of aromatic carboxylic acids is 1. The molecule has 6 nitrogen and oxygen atoms in total. The van der Waals surface area contributed by atoms with Crippen molar-refractivity contribution in [3.8, 4) is 10.4 Å². The Balaban J connectivity index is 0.000000860. The minimum absolute atomic E-state index is 0.0667. The summed E-state index contributed by atoms with van der Waals surface area (Å²) in [7, 11) is 0. The molecule has 2 aromatic carbocycles. The number of aromatic nitrogens is 1. The molecule has 9 heteroatoms. The number of carboxylic acids is 1. The zero-order valence-electron chi connectivity index (χ0n) is 17.9. The third-order valence-electron chi connectivity index (χ3n) is 3.92. The van der Waals surface area contributed by atoms with E-state index in [-0.39, 0.29) is 28.2 Å². The summed E-state index contributed by atoms with van der Waals surface area (Å²) in [6.07, 6.45) is 0. The van der Waals surface area contributed by atoms with Crippen molar-refractivity contribution >= 4 is 51.6 Å². The summed E-state index contributed by atoms with van der Waals surface area (Å²) < 4.78 is 19.0. The molecule has 2 heterocycles. The van der Waals surface area contributed by atoms with E-state index in [0.29, 0.717) is 15.5 Å². The van der Waals surface area contributed by atoms with Crippen LogP contribution < -0.4 is 5.32 Å². The molecule has 1 amide bonds. The van der Waals surface area contributed by atoms with E-state index in [4.69, 9.17) is 16.0 Å². The number of nitrogens with zero attached hydrogens (tertiary/aromatic N) is 1. The monoisotopic (exact) mass is 476 g/mol. The standard InChI is InChI=1S/C19H10ClFN2O4S.2C2H6/c20-10-6-4-9(5-7-10)16-14(19(25)26)12(8-28-16)22-17(24)18-23-15-11(21)2-1-3-13(15)27-18;2*1-2/h1-8H,(H,22,24)(H,25,26);2*1-2H3. The Morgan fingerprint density at radius 3 is 2.34 bits per heavy atom. The van der Waals surface area contributed by atoms with Crippen LogP contribution in [0.1, 0.15) is 48.7 Å². The second kappa shape index (κ2) is 11.4. The quantitative estimate of drug-likeness (QED) is 0.321. The maximum atomic E-state index is 13.7. The van der Waals surface area contributed by atoms with Gasteiger partial charge < -0.3 is 14.8 Å². The van der Waals surface area contributed by atoms with Gasteiger partial charge in [-0.1, -0.05) is 57.5 Å². The Kier molecular flexibility index (Phi) is 8.92. The lowest BCUT2D eigenvalue weighted by Crippen LogP contribution is -2.14. The molecule has 0 fully saturated rings. The highest BCUT2D eigenvalue weighted by Gasteiger charge is 2.23. The molecular weight excluding hydrogens is 455 g/mol. The molecule has 0 aliphatic rings. The SMILES string of the molecule is CC.CC.O=C(Nc1csc(-c2ccc(Cl)cc2)c1C(=O)O)c1nc2c(F)cccc2o1. The van der Waals surface area contributed by atoms with Gasteiger partial charge in [0.15, 0.2) is 11.4 Å². The van der Waals surface area contributed by atoms with Gasteiger partial charge in [0, 0.05) is 10.4 Å². The maximum absolute atomic E-state index is 13.7. The van der Waals surface area contributed by atoms with Crippen LogP contribution in [0.25, 0.3) is 21.5 Å². The average molecular weight is 477 g/mol. The number of carboxylic acid groups (broad SMARTS) is 1. The van der Waals surface area contributed by atoms with Gasteiger partial charge in [0.05, 0.1) is 10.6 Å². The Labute approximate surface area is 193 Å². The number of nitrogens with one attached hydrogen (secondary N) is 1. The largest absolute Gasteiger partial charge is 0.478 e. The highest BCUT2D eigenvalue weighted by atomic mass is 35.5. The molecule has 0 aliphatic heterocycles. The fourth-order valence-electron chi connectivity index (χ4n) is 2.66. The lowest BCUT2D eigenvalue weighted by Gasteiger charge is -2.04. The molecule has 32 heavy (non-hydrogen) atoms. The van der Waals surface area contributed by atoms with Gasteiger partial charge in [-0.2, -0.15) is 0 Å². The summed E-state index contributed by atoms with van der Waals surface area (Å²) in [5, 5.41) is 14.1. The Bertz CT molecular complexity index is 1220. The number of amides is 1. The Morgan fingerprint density at radius 2 is 1.75 bits per heavy atom. The van der Waals surface area contributed by atoms with Gasteiger partial charge in [-0.25, -0.2) is 14.2 Å². The molecule has 0 saturated heterocycles. The molecule has 4 rings (SSSR count). The molecule has 0 bridgehead atoms. The van der Waals surface area contributed by atoms with Crippen LogP contribution in [-0.2, 0) is 0 Å². The van der Waals surface area contributed by atoms with Gasteiger partial charge in [0.1, 0.15) is 11.1 Å². The number of para-hydroxylation sites is 1. The minimum atomic E-state index is -1.20. The van der Waals surface area contributed by atoms with E-state index in [1.165, 1.54) is 23.6 Å². The van der Waals surface area contributed by atoms with Crippen molar-refractivity contribution in [3.05, 3.63) is 70.1 Å². The number of rotatable bonds is 4. The summed E-state index contributed by atoms with van der Waals surface area (Å²) in [6.45, 7) is 8.00. The zero-order chi connectivity index (χ0) is 23.8. The predicted octanol–water partition coefficient (Wildman–Crippen LogP) is 7.35. The van der Waals surface area contributed by atoms with Gasteiger partial charge in [0.2, 0.25) is 0 Å². The van der Waals surface area contributed by atoms with E-state index in [0.717, 1.165) is 11.3 Å². The second-order valence-corrected chi connectivity index (χ2v) is 7.04. The van der Waals surface area contributed by atoms with Gasteiger partial charge in [0.25, 0.3) is 5.89 Å². The summed E-state index contributed by atoms with van der Waals surface area (Å²) in [5.41, 5.74) is 0.725. The average Bonchev–Trinajstić information content (AvgIpc) is 3.43. The molecule has 4 aromatic rings. The zero-order valence-corrected chi connectivity index (χ0v) is 19.5. The summed E-state index contributed by atoms with van der Waals surface area (Å²) >= 11 is 7.03. The lowest BCUT2D eigenvalue weighted by molar-refractivity contribution is 0.0699. The number of fused-ring (bicyclic) bond motifs is 1. The van der Waals surface area contributed by atoms with Crippen LogP contribution in [0, 0.1) is 5.82 Å². The van der Waals surface area contributed by atoms with Crippen molar-refractivity contribution in [1.82, 2.24) is 4.98 Å². The van der Waals surface area contributed by atoms with E-state index in [2.05, 4.69) is 10.3 Å². The molecule has 0 radical (unpaired) electrons. The number of oxazole rings is 1. The van der Waals surface area contributed by atoms with Gasteiger partial charge in [-0.05, 0) is 29.8 Å². The van der Waals surface area contributed by atoms with Crippen LogP contribution in [0.15, 0.2) is 52.3 Å². The molecule has 2 aromatic heterocycles. The summed E-state index contributed by atoms with van der Waals surface area (Å²) in [6, 6.07) is 10.8. The number of carbonyl (C=O) groups is 2. The summed E-state index contributed by atoms with van der Waals surface area (Å²) in [4.78, 5) is 28.6. The van der Waals surface area contributed by atoms with Crippen molar-refractivity contribution in [2.75, 3.05) is 5.32 Å². The molecular formula is C23H22ClFN2O4S. The predicted molar refractivity (Wildman–Crippen MR) is 126 cm³/mol. The van der Waals surface area contributed by atoms with Crippen molar-refractivity contribution < 1.29 is 23.5 Å². The van der Waals surface area contributed by atoms with E-state index in [1.807, 2.05) is 27.7 Å². The van der Waals surface area contributed by atoms with E-state index in [1.54, 1.807) is 24.3 Å². The van der Waals surface area contributed by atoms with Crippen molar-refractivity contribution in [3.63, 3.8) is 0 Å². The first-order valence-corrected chi connectivity index (χ1v) is 11.2. The van der Waals surface area contributed by atoms with Crippen LogP contribution in [0.4, 0.5) is 10.1 Å². The fourth-order valence-corrected chi connectivity index (χ4v) is 3.79. The number of hydrogen-bond acceptors (Lipinski definition) is 5. The lowest BCUT2D eigenvalue weighted by atomic mass is 10.1. The van der Waals surface area contributed by atoms with Crippen molar-refractivity contribution in [1.29, 1.82) is 0 Å². The molecule has 168 valence electrons. The van der Waals surface area contributed by atoms with Crippen LogP contribution in [0.2, 0.25) is 5.02 Å². The van der Waals surface area contributed by atoms with Gasteiger partial charge in [-0.15, -0.1) is 11.3 Å². The number of halogens is 2.